The highest BCUT2D eigenvalue weighted by Gasteiger charge is 2.29. The van der Waals surface area contributed by atoms with Gasteiger partial charge in [-0.05, 0) is 6.07 Å². The smallest absolute Gasteiger partial charge is 0.336 e. The van der Waals surface area contributed by atoms with Gasteiger partial charge in [-0.2, -0.15) is 0 Å². The van der Waals surface area contributed by atoms with Gasteiger partial charge in [0, 0.05) is 16.1 Å². The van der Waals surface area contributed by atoms with Crippen LogP contribution < -0.4 is 0 Å². The molecule has 2 rings (SSSR count). The van der Waals surface area contributed by atoms with Gasteiger partial charge in [0.15, 0.2) is 0 Å². The molecule has 19 heavy (non-hydrogen) atoms. The number of hydrogen-bond donors (Lipinski definition) is 1. The molecule has 0 bridgehead atoms. The van der Waals surface area contributed by atoms with E-state index >= 15 is 0 Å². The van der Waals surface area contributed by atoms with Crippen molar-refractivity contribution in [2.75, 3.05) is 0 Å². The van der Waals surface area contributed by atoms with E-state index in [9.17, 15) is 14.9 Å². The van der Waals surface area contributed by atoms with Gasteiger partial charge in [-0.1, -0.05) is 48.5 Å². The zero-order valence-corrected chi connectivity index (χ0v) is 9.89. The van der Waals surface area contributed by atoms with Crippen LogP contribution in [0.3, 0.4) is 0 Å². The Bertz CT molecular complexity index is 610. The maximum absolute atomic E-state index is 11.3. The first-order valence-electron chi connectivity index (χ1n) is 5.62. The second kappa shape index (κ2) is 5.30. The normalized spacial score (nSPS) is 11.8. The lowest BCUT2D eigenvalue weighted by Crippen LogP contribution is -2.16. The summed E-state index contributed by atoms with van der Waals surface area (Å²) in [4.78, 5) is 22.0. The van der Waals surface area contributed by atoms with Gasteiger partial charge in [-0.25, -0.2) is 4.79 Å². The summed E-state index contributed by atoms with van der Waals surface area (Å²) in [5.74, 6) is -1.17. The van der Waals surface area contributed by atoms with Gasteiger partial charge in [0.05, 0.1) is 5.56 Å². The molecule has 0 aliphatic carbocycles. The Kier molecular flexibility index (Phi) is 3.56. The van der Waals surface area contributed by atoms with Crippen LogP contribution in [0, 0.1) is 10.1 Å². The third-order valence-corrected chi connectivity index (χ3v) is 2.81. The van der Waals surface area contributed by atoms with Crippen LogP contribution in [0.4, 0.5) is 0 Å². The number of carboxylic acids is 1. The molecule has 1 atom stereocenters. The summed E-state index contributed by atoms with van der Waals surface area (Å²) in [6.45, 7) is 0. The van der Waals surface area contributed by atoms with Crippen molar-refractivity contribution in [3.63, 3.8) is 0 Å². The van der Waals surface area contributed by atoms with Gasteiger partial charge in [-0.15, -0.1) is 0 Å². The molecule has 0 amide bonds. The van der Waals surface area contributed by atoms with E-state index in [1.54, 1.807) is 42.5 Å². The molecule has 5 heteroatoms. The number of rotatable bonds is 4. The van der Waals surface area contributed by atoms with Gasteiger partial charge in [0.1, 0.15) is 0 Å². The fourth-order valence-corrected chi connectivity index (χ4v) is 1.98. The largest absolute Gasteiger partial charge is 0.478 e. The maximum Gasteiger partial charge on any atom is 0.336 e. The van der Waals surface area contributed by atoms with Crippen LogP contribution in [0.2, 0.25) is 0 Å². The van der Waals surface area contributed by atoms with Crippen molar-refractivity contribution in [2.45, 2.75) is 6.04 Å². The molecule has 0 radical (unpaired) electrons. The average Bonchev–Trinajstić information content (AvgIpc) is 2.40. The van der Waals surface area contributed by atoms with Crippen LogP contribution in [0.5, 0.6) is 0 Å². The molecule has 5 nitrogen and oxygen atoms in total. The average molecular weight is 257 g/mol. The van der Waals surface area contributed by atoms with Crippen LogP contribution in [-0.4, -0.2) is 16.0 Å². The van der Waals surface area contributed by atoms with Crippen molar-refractivity contribution in [3.05, 3.63) is 81.4 Å². The lowest BCUT2D eigenvalue weighted by Gasteiger charge is -2.12. The summed E-state index contributed by atoms with van der Waals surface area (Å²) in [7, 11) is 0. The van der Waals surface area contributed by atoms with Gasteiger partial charge in [-0.3, -0.25) is 10.1 Å². The van der Waals surface area contributed by atoms with E-state index < -0.39 is 16.9 Å². The molecule has 0 heterocycles. The van der Waals surface area contributed by atoms with Crippen molar-refractivity contribution >= 4 is 5.97 Å². The molecule has 0 aliphatic rings. The van der Waals surface area contributed by atoms with Gasteiger partial charge in [0.2, 0.25) is 0 Å². The molecular formula is C14H11NO4. The topological polar surface area (TPSA) is 80.4 Å². The molecule has 2 aromatic carbocycles. The standard InChI is InChI=1S/C14H11NO4/c16-14(17)12-9-5-4-8-11(12)13(15(18)19)10-6-2-1-3-7-10/h1-9,13H,(H,16,17). The number of nitrogens with zero attached hydrogens (tertiary/aromatic N) is 1. The molecule has 96 valence electrons. The summed E-state index contributed by atoms with van der Waals surface area (Å²) >= 11 is 0. The Labute approximate surface area is 109 Å². The second-order valence-corrected chi connectivity index (χ2v) is 3.99. The molecule has 0 saturated carbocycles. The zero-order valence-electron chi connectivity index (χ0n) is 9.89. The van der Waals surface area contributed by atoms with Crippen molar-refractivity contribution in [2.24, 2.45) is 0 Å². The van der Waals surface area contributed by atoms with Crippen molar-refractivity contribution in [1.29, 1.82) is 0 Å². The Hall–Kier alpha value is -2.69. The quantitative estimate of drug-likeness (QED) is 0.674. The van der Waals surface area contributed by atoms with Crippen molar-refractivity contribution in [3.8, 4) is 0 Å². The number of nitro groups is 1. The fourth-order valence-electron chi connectivity index (χ4n) is 1.98. The van der Waals surface area contributed by atoms with Crippen LogP contribution in [0.15, 0.2) is 54.6 Å². The van der Waals surface area contributed by atoms with Crippen molar-refractivity contribution < 1.29 is 14.8 Å². The highest BCUT2D eigenvalue weighted by Crippen LogP contribution is 2.27. The first kappa shape index (κ1) is 12.8. The molecule has 2 aromatic rings. The number of benzene rings is 2. The van der Waals surface area contributed by atoms with Crippen LogP contribution in [-0.2, 0) is 0 Å². The first-order chi connectivity index (χ1) is 9.11. The minimum Gasteiger partial charge on any atom is -0.478 e. The molecule has 0 aliphatic heterocycles. The van der Waals surface area contributed by atoms with E-state index in [0.717, 1.165) is 0 Å². The number of hydrogen-bond acceptors (Lipinski definition) is 3. The SMILES string of the molecule is O=C(O)c1ccccc1C(c1ccccc1)[N+](=O)[O-]. The first-order valence-corrected chi connectivity index (χ1v) is 5.62. The van der Waals surface area contributed by atoms with Crippen molar-refractivity contribution in [1.82, 2.24) is 0 Å². The highest BCUT2D eigenvalue weighted by molar-refractivity contribution is 5.89. The molecule has 1 unspecified atom stereocenters. The predicted molar refractivity (Wildman–Crippen MR) is 68.7 cm³/mol. The lowest BCUT2D eigenvalue weighted by atomic mass is 9.95. The predicted octanol–water partition coefficient (Wildman–Crippen LogP) is 2.75. The number of carboxylic acid groups (broad SMARTS) is 1. The third kappa shape index (κ3) is 2.60. The van der Waals surface area contributed by atoms with Gasteiger partial charge in [0.25, 0.3) is 6.04 Å². The highest BCUT2D eigenvalue weighted by atomic mass is 16.6. The van der Waals surface area contributed by atoms with E-state index in [0.29, 0.717) is 5.56 Å². The van der Waals surface area contributed by atoms with E-state index in [1.165, 1.54) is 12.1 Å². The summed E-state index contributed by atoms with van der Waals surface area (Å²) in [5.41, 5.74) is 0.598. The summed E-state index contributed by atoms with van der Waals surface area (Å²) in [5, 5.41) is 20.4. The Morgan fingerprint density at radius 3 is 2.21 bits per heavy atom. The molecule has 1 N–H and O–H groups in total. The van der Waals surface area contributed by atoms with Crippen LogP contribution in [0.1, 0.15) is 27.5 Å². The minimum atomic E-state index is -1.17. The molecule has 0 saturated heterocycles. The van der Waals surface area contributed by atoms with Crippen LogP contribution in [0.25, 0.3) is 0 Å². The lowest BCUT2D eigenvalue weighted by molar-refractivity contribution is -0.517. The van der Waals surface area contributed by atoms with E-state index in [4.69, 9.17) is 5.11 Å². The van der Waals surface area contributed by atoms with Gasteiger partial charge < -0.3 is 5.11 Å². The summed E-state index contributed by atoms with van der Waals surface area (Å²) in [6, 6.07) is 13.2. The van der Waals surface area contributed by atoms with Gasteiger partial charge >= 0.3 is 5.97 Å². The third-order valence-electron chi connectivity index (χ3n) is 2.81. The Morgan fingerprint density at radius 1 is 1.05 bits per heavy atom. The number of aromatic carboxylic acids is 1. The monoisotopic (exact) mass is 257 g/mol. The summed E-state index contributed by atoms with van der Waals surface area (Å²) in [6.07, 6.45) is 0. The molecule has 0 aromatic heterocycles. The van der Waals surface area contributed by atoms with E-state index in [1.807, 2.05) is 0 Å². The minimum absolute atomic E-state index is 0.0481. The Balaban J connectivity index is 2.59. The van der Waals surface area contributed by atoms with Crippen LogP contribution >= 0.6 is 0 Å². The second-order valence-electron chi connectivity index (χ2n) is 3.99. The number of carbonyl (C=O) groups is 1. The zero-order chi connectivity index (χ0) is 13.8. The molecular weight excluding hydrogens is 246 g/mol. The molecule has 0 spiro atoms. The van der Waals surface area contributed by atoms with E-state index in [-0.39, 0.29) is 11.1 Å². The fraction of sp³-hybridized carbons (Fsp3) is 0.0714. The summed E-state index contributed by atoms with van der Waals surface area (Å²) < 4.78 is 0. The maximum atomic E-state index is 11.3. The van der Waals surface area contributed by atoms with E-state index in [2.05, 4.69) is 0 Å². The molecule has 0 fully saturated rings. The Morgan fingerprint density at radius 2 is 1.63 bits per heavy atom.